The van der Waals surface area contributed by atoms with Gasteiger partial charge in [-0.05, 0) is 66.8 Å². The Balaban J connectivity index is 1.52. The van der Waals surface area contributed by atoms with Crippen LogP contribution in [0.2, 0.25) is 5.02 Å². The summed E-state index contributed by atoms with van der Waals surface area (Å²) in [5.74, 6) is 0.313. The Bertz CT molecular complexity index is 1240. The summed E-state index contributed by atoms with van der Waals surface area (Å²) in [6.45, 7) is 2.58. The Labute approximate surface area is 209 Å². The Hall–Kier alpha value is -2.76. The molecule has 1 fully saturated rings. The lowest BCUT2D eigenvalue weighted by Gasteiger charge is -2.29. The Morgan fingerprint density at radius 1 is 1.03 bits per heavy atom. The maximum Gasteiger partial charge on any atom is 0.259 e. The van der Waals surface area contributed by atoms with Crippen LogP contribution in [0.1, 0.15) is 58.9 Å². The molecule has 6 heteroatoms. The van der Waals surface area contributed by atoms with Crippen LogP contribution in [-0.4, -0.2) is 17.9 Å². The number of anilines is 1. The van der Waals surface area contributed by atoms with E-state index in [1.54, 1.807) is 16.7 Å². The third-order valence-electron chi connectivity index (χ3n) is 6.75. The molecule has 0 unspecified atom stereocenters. The van der Waals surface area contributed by atoms with Crippen molar-refractivity contribution in [1.82, 2.24) is 5.32 Å². The highest BCUT2D eigenvalue weighted by Gasteiger charge is 2.29. The van der Waals surface area contributed by atoms with E-state index < -0.39 is 0 Å². The molecule has 5 rings (SSSR count). The smallest absolute Gasteiger partial charge is 0.259 e. The monoisotopic (exact) mass is 490 g/mol. The van der Waals surface area contributed by atoms with Crippen LogP contribution in [0.15, 0.2) is 76.5 Å². The first kappa shape index (κ1) is 23.0. The molecule has 34 heavy (non-hydrogen) atoms. The number of nitrogens with one attached hydrogen (secondary N) is 1. The summed E-state index contributed by atoms with van der Waals surface area (Å²) in [5, 5.41) is 3.87. The van der Waals surface area contributed by atoms with Gasteiger partial charge >= 0.3 is 0 Å². The molecule has 0 radical (unpaired) electrons. The van der Waals surface area contributed by atoms with Gasteiger partial charge in [0.1, 0.15) is 0 Å². The molecule has 1 N–H and O–H groups in total. The lowest BCUT2D eigenvalue weighted by molar-refractivity contribution is 0.0908. The molecule has 2 atom stereocenters. The van der Waals surface area contributed by atoms with Crippen molar-refractivity contribution < 1.29 is 9.59 Å². The number of carbonyl (C=O) groups is 2. The van der Waals surface area contributed by atoms with E-state index in [9.17, 15) is 9.59 Å². The van der Waals surface area contributed by atoms with Gasteiger partial charge < -0.3 is 10.2 Å². The summed E-state index contributed by atoms with van der Waals surface area (Å²) in [7, 11) is 0. The number of halogens is 1. The van der Waals surface area contributed by atoms with Crippen molar-refractivity contribution in [2.75, 3.05) is 4.90 Å². The van der Waals surface area contributed by atoms with Crippen molar-refractivity contribution in [3.05, 3.63) is 88.4 Å². The number of hydrogen-bond donors (Lipinski definition) is 1. The summed E-state index contributed by atoms with van der Waals surface area (Å²) in [6.07, 6.45) is 4.54. The Morgan fingerprint density at radius 3 is 2.68 bits per heavy atom. The molecule has 2 amide bonds. The molecular weight excluding hydrogens is 464 g/mol. The van der Waals surface area contributed by atoms with Crippen LogP contribution in [0.25, 0.3) is 0 Å². The molecule has 1 aliphatic carbocycles. The van der Waals surface area contributed by atoms with Crippen molar-refractivity contribution in [3.63, 3.8) is 0 Å². The van der Waals surface area contributed by atoms with Gasteiger partial charge in [-0.25, -0.2) is 0 Å². The highest BCUT2D eigenvalue weighted by Crippen LogP contribution is 2.42. The van der Waals surface area contributed by atoms with Gasteiger partial charge in [-0.2, -0.15) is 0 Å². The van der Waals surface area contributed by atoms with E-state index >= 15 is 0 Å². The van der Waals surface area contributed by atoms with E-state index in [1.807, 2.05) is 66.7 Å². The van der Waals surface area contributed by atoms with Crippen LogP contribution in [0.3, 0.4) is 0 Å². The van der Waals surface area contributed by atoms with Crippen LogP contribution in [0.4, 0.5) is 5.69 Å². The number of hydrogen-bond acceptors (Lipinski definition) is 3. The highest BCUT2D eigenvalue weighted by atomic mass is 35.5. The zero-order valence-electron chi connectivity index (χ0n) is 19.1. The average Bonchev–Trinajstić information content (AvgIpc) is 2.95. The van der Waals surface area contributed by atoms with Gasteiger partial charge in [0, 0.05) is 26.4 Å². The zero-order chi connectivity index (χ0) is 23.7. The van der Waals surface area contributed by atoms with Crippen molar-refractivity contribution in [3.8, 4) is 0 Å². The average molecular weight is 491 g/mol. The summed E-state index contributed by atoms with van der Waals surface area (Å²) in [4.78, 5) is 30.5. The van der Waals surface area contributed by atoms with E-state index in [-0.39, 0.29) is 17.9 Å². The largest absolute Gasteiger partial charge is 0.349 e. The van der Waals surface area contributed by atoms with Gasteiger partial charge in [0.25, 0.3) is 11.8 Å². The van der Waals surface area contributed by atoms with E-state index in [0.717, 1.165) is 40.3 Å². The van der Waals surface area contributed by atoms with Gasteiger partial charge in [-0.3, -0.25) is 9.59 Å². The van der Waals surface area contributed by atoms with Crippen LogP contribution in [-0.2, 0) is 6.54 Å². The van der Waals surface area contributed by atoms with Crippen LogP contribution < -0.4 is 10.2 Å². The van der Waals surface area contributed by atoms with Gasteiger partial charge in [-0.15, -0.1) is 0 Å². The molecule has 4 nitrogen and oxygen atoms in total. The van der Waals surface area contributed by atoms with Gasteiger partial charge in [0.05, 0.1) is 17.8 Å². The second kappa shape index (κ2) is 9.85. The molecule has 0 bridgehead atoms. The van der Waals surface area contributed by atoms with E-state index in [4.69, 9.17) is 11.6 Å². The van der Waals surface area contributed by atoms with E-state index in [2.05, 4.69) is 12.2 Å². The molecule has 1 heterocycles. The topological polar surface area (TPSA) is 49.4 Å². The fraction of sp³-hybridized carbons (Fsp3) is 0.286. The zero-order valence-corrected chi connectivity index (χ0v) is 20.7. The summed E-state index contributed by atoms with van der Waals surface area (Å²) in [6, 6.07) is 21.1. The molecule has 174 valence electrons. The molecule has 2 aliphatic rings. The van der Waals surface area contributed by atoms with E-state index in [0.29, 0.717) is 28.6 Å². The third kappa shape index (κ3) is 4.73. The molecule has 0 saturated heterocycles. The van der Waals surface area contributed by atoms with Gasteiger partial charge in [0.15, 0.2) is 0 Å². The van der Waals surface area contributed by atoms with Crippen molar-refractivity contribution in [1.29, 1.82) is 0 Å². The second-order valence-electron chi connectivity index (χ2n) is 9.14. The standard InChI is InChI=1S/C28H27ClN2O2S/c1-18-7-2-4-11-23(18)30-27(32)20-13-14-26-24(16-20)31(17-19-8-6-9-21(29)15-19)28(33)22-10-3-5-12-25(22)34-26/h3,5-6,8-10,12-16,18,23H,2,4,7,11,17H2,1H3,(H,30,32)/t18-,23+/m1/s1. The first-order valence-electron chi connectivity index (χ1n) is 11.8. The molecular formula is C28H27ClN2O2S. The first-order chi connectivity index (χ1) is 16.5. The van der Waals surface area contributed by atoms with Crippen molar-refractivity contribution in [2.45, 2.75) is 55.0 Å². The molecule has 3 aromatic rings. The van der Waals surface area contributed by atoms with Crippen LogP contribution in [0, 0.1) is 5.92 Å². The molecule has 1 aliphatic heterocycles. The number of nitrogens with zero attached hydrogens (tertiary/aromatic N) is 1. The van der Waals surface area contributed by atoms with E-state index in [1.165, 1.54) is 6.42 Å². The quantitative estimate of drug-likeness (QED) is 0.430. The minimum absolute atomic E-state index is 0.0801. The van der Waals surface area contributed by atoms with Gasteiger partial charge in [0.2, 0.25) is 0 Å². The Morgan fingerprint density at radius 2 is 1.85 bits per heavy atom. The summed E-state index contributed by atoms with van der Waals surface area (Å²) < 4.78 is 0. The number of fused-ring (bicyclic) bond motifs is 2. The van der Waals surface area contributed by atoms with Gasteiger partial charge in [-0.1, -0.05) is 67.4 Å². The van der Waals surface area contributed by atoms with Crippen molar-refractivity contribution >= 4 is 40.9 Å². The molecule has 0 spiro atoms. The number of benzene rings is 3. The normalized spacial score (nSPS) is 19.7. The third-order valence-corrected chi connectivity index (χ3v) is 8.13. The molecule has 0 aromatic heterocycles. The Kier molecular flexibility index (Phi) is 6.66. The first-order valence-corrected chi connectivity index (χ1v) is 13.0. The summed E-state index contributed by atoms with van der Waals surface area (Å²) >= 11 is 7.78. The number of amides is 2. The fourth-order valence-corrected chi connectivity index (χ4v) is 6.09. The minimum Gasteiger partial charge on any atom is -0.349 e. The van der Waals surface area contributed by atoms with Crippen LogP contribution in [0.5, 0.6) is 0 Å². The lowest BCUT2D eigenvalue weighted by atomic mass is 9.86. The minimum atomic E-state index is -0.0831. The SMILES string of the molecule is C[C@@H]1CCCC[C@@H]1NC(=O)c1ccc2c(c1)N(Cc1cccc(Cl)c1)C(=O)c1ccccc1S2. The second-order valence-corrected chi connectivity index (χ2v) is 10.7. The van der Waals surface area contributed by atoms with Crippen molar-refractivity contribution in [2.24, 2.45) is 5.92 Å². The van der Waals surface area contributed by atoms with Crippen LogP contribution >= 0.6 is 23.4 Å². The predicted octanol–water partition coefficient (Wildman–Crippen LogP) is 6.96. The number of carbonyl (C=O) groups excluding carboxylic acids is 2. The summed E-state index contributed by atoms with van der Waals surface area (Å²) in [5.41, 5.74) is 2.91. The predicted molar refractivity (Wildman–Crippen MR) is 138 cm³/mol. The highest BCUT2D eigenvalue weighted by molar-refractivity contribution is 7.99. The lowest BCUT2D eigenvalue weighted by Crippen LogP contribution is -2.41. The maximum atomic E-state index is 13.7. The number of rotatable bonds is 4. The molecule has 1 saturated carbocycles. The molecule has 3 aromatic carbocycles. The fourth-order valence-electron chi connectivity index (χ4n) is 4.82. The maximum absolute atomic E-state index is 13.7.